The fraction of sp³-hybridized carbons (Fsp3) is 1.00. The molecule has 2 heteroatoms. The average Bonchev–Trinajstić information content (AvgIpc) is 2.87. The quantitative estimate of drug-likeness (QED) is 0.660. The van der Waals surface area contributed by atoms with Gasteiger partial charge in [-0.3, -0.25) is 0 Å². The second-order valence-electron chi connectivity index (χ2n) is 4.26. The smallest absolute Gasteiger partial charge is 0.0433 e. The van der Waals surface area contributed by atoms with Gasteiger partial charge in [-0.15, -0.1) is 0 Å². The van der Waals surface area contributed by atoms with Crippen LogP contribution in [-0.2, 0) is 0 Å². The Morgan fingerprint density at radius 1 is 1.25 bits per heavy atom. The Morgan fingerprint density at radius 2 is 2.00 bits per heavy atom. The summed E-state index contributed by atoms with van der Waals surface area (Å²) in [5.41, 5.74) is 0. The van der Waals surface area contributed by atoms with Crippen molar-refractivity contribution in [1.29, 1.82) is 0 Å². The van der Waals surface area contributed by atoms with E-state index in [2.05, 4.69) is 5.32 Å². The van der Waals surface area contributed by atoms with Crippen molar-refractivity contribution in [2.75, 3.05) is 19.7 Å². The van der Waals surface area contributed by atoms with Crippen LogP contribution >= 0.6 is 0 Å². The van der Waals surface area contributed by atoms with Gasteiger partial charge in [0.1, 0.15) is 0 Å². The highest BCUT2D eigenvalue weighted by atomic mass is 16.3. The fourth-order valence-corrected chi connectivity index (χ4v) is 2.62. The van der Waals surface area contributed by atoms with E-state index in [4.69, 9.17) is 5.11 Å². The number of hydrogen-bond donors (Lipinski definition) is 2. The maximum atomic E-state index is 8.78. The van der Waals surface area contributed by atoms with Crippen LogP contribution in [0.5, 0.6) is 0 Å². The molecule has 2 rings (SSSR count). The Balaban J connectivity index is 1.72. The van der Waals surface area contributed by atoms with E-state index in [1.807, 2.05) is 0 Å². The third kappa shape index (κ3) is 1.80. The normalized spacial score (nSPS) is 36.8. The van der Waals surface area contributed by atoms with Crippen molar-refractivity contribution in [3.8, 4) is 0 Å². The van der Waals surface area contributed by atoms with E-state index in [0.717, 1.165) is 24.2 Å². The molecule has 1 aliphatic heterocycles. The predicted octanol–water partition coefficient (Wildman–Crippen LogP) is 1.00. The molecule has 2 nitrogen and oxygen atoms in total. The molecular formula is C10H19NO. The highest BCUT2D eigenvalue weighted by Gasteiger charge is 2.41. The van der Waals surface area contributed by atoms with Gasteiger partial charge in [0.2, 0.25) is 0 Å². The van der Waals surface area contributed by atoms with Crippen LogP contribution in [0, 0.1) is 17.8 Å². The molecule has 1 aliphatic carbocycles. The highest BCUT2D eigenvalue weighted by Crippen LogP contribution is 2.48. The van der Waals surface area contributed by atoms with Crippen LogP contribution in [0.3, 0.4) is 0 Å². The average molecular weight is 169 g/mol. The molecule has 0 spiro atoms. The maximum Gasteiger partial charge on any atom is 0.0433 e. The molecule has 0 aromatic rings. The highest BCUT2D eigenvalue weighted by molar-refractivity contribution is 4.92. The summed E-state index contributed by atoms with van der Waals surface area (Å²) in [5.74, 6) is 2.82. The predicted molar refractivity (Wildman–Crippen MR) is 48.9 cm³/mol. The summed E-state index contributed by atoms with van der Waals surface area (Å²) in [7, 11) is 0. The van der Waals surface area contributed by atoms with Gasteiger partial charge in [-0.05, 0) is 56.5 Å². The lowest BCUT2D eigenvalue weighted by Gasteiger charge is -2.22. The molecule has 0 radical (unpaired) electrons. The van der Waals surface area contributed by atoms with Gasteiger partial charge in [-0.1, -0.05) is 0 Å². The first kappa shape index (κ1) is 8.52. The van der Waals surface area contributed by atoms with Crippen molar-refractivity contribution < 1.29 is 5.11 Å². The second kappa shape index (κ2) is 3.75. The topological polar surface area (TPSA) is 32.3 Å². The van der Waals surface area contributed by atoms with Gasteiger partial charge in [-0.25, -0.2) is 0 Å². The number of piperidine rings is 1. The van der Waals surface area contributed by atoms with E-state index in [1.54, 1.807) is 0 Å². The van der Waals surface area contributed by atoms with Crippen molar-refractivity contribution in [2.24, 2.45) is 17.8 Å². The largest absolute Gasteiger partial charge is 0.396 e. The van der Waals surface area contributed by atoms with Crippen molar-refractivity contribution in [3.05, 3.63) is 0 Å². The molecule has 0 aromatic carbocycles. The molecule has 12 heavy (non-hydrogen) atoms. The Bertz CT molecular complexity index is 143. The zero-order chi connectivity index (χ0) is 8.39. The Kier molecular flexibility index (Phi) is 2.66. The molecule has 2 aliphatic rings. The number of nitrogens with one attached hydrogen (secondary N) is 1. The summed E-state index contributed by atoms with van der Waals surface area (Å²) in [4.78, 5) is 0. The van der Waals surface area contributed by atoms with E-state index in [9.17, 15) is 0 Å². The number of aliphatic hydroxyl groups excluding tert-OH is 1. The van der Waals surface area contributed by atoms with Crippen LogP contribution in [0.4, 0.5) is 0 Å². The Morgan fingerprint density at radius 3 is 2.67 bits per heavy atom. The summed E-state index contributed by atoms with van der Waals surface area (Å²) in [6.07, 6.45) is 5.18. The van der Waals surface area contributed by atoms with Crippen LogP contribution < -0.4 is 5.32 Å². The monoisotopic (exact) mass is 169 g/mol. The van der Waals surface area contributed by atoms with Gasteiger partial charge < -0.3 is 10.4 Å². The van der Waals surface area contributed by atoms with Crippen LogP contribution in [0.15, 0.2) is 0 Å². The number of rotatable bonds is 3. The van der Waals surface area contributed by atoms with E-state index in [1.165, 1.54) is 32.4 Å². The first-order chi connectivity index (χ1) is 5.92. The summed E-state index contributed by atoms with van der Waals surface area (Å²) in [6.45, 7) is 2.83. The standard InChI is InChI=1S/C10H19NO/c12-6-3-9-7-10(9)8-1-4-11-5-2-8/h8-12H,1-7H2/t9-,10?/m1/s1. The minimum absolute atomic E-state index is 0.395. The third-order valence-corrected chi connectivity index (χ3v) is 3.47. The molecule has 2 fully saturated rings. The molecule has 0 aromatic heterocycles. The van der Waals surface area contributed by atoms with E-state index in [0.29, 0.717) is 6.61 Å². The first-order valence-electron chi connectivity index (χ1n) is 5.23. The van der Waals surface area contributed by atoms with Crippen molar-refractivity contribution in [1.82, 2.24) is 5.32 Å². The number of aliphatic hydroxyl groups is 1. The van der Waals surface area contributed by atoms with Gasteiger partial charge in [0.05, 0.1) is 0 Å². The van der Waals surface area contributed by atoms with E-state index >= 15 is 0 Å². The van der Waals surface area contributed by atoms with Crippen molar-refractivity contribution in [3.63, 3.8) is 0 Å². The molecule has 1 saturated carbocycles. The molecule has 0 bridgehead atoms. The molecule has 1 saturated heterocycles. The Hall–Kier alpha value is -0.0800. The summed E-state index contributed by atoms with van der Waals surface area (Å²) in [5, 5.41) is 12.2. The van der Waals surface area contributed by atoms with E-state index in [-0.39, 0.29) is 0 Å². The van der Waals surface area contributed by atoms with Crippen molar-refractivity contribution >= 4 is 0 Å². The first-order valence-corrected chi connectivity index (χ1v) is 5.23. The molecule has 0 amide bonds. The molecule has 1 heterocycles. The van der Waals surface area contributed by atoms with Crippen LogP contribution in [-0.4, -0.2) is 24.8 Å². The van der Waals surface area contributed by atoms with Crippen LogP contribution in [0.25, 0.3) is 0 Å². The van der Waals surface area contributed by atoms with Crippen LogP contribution in [0.2, 0.25) is 0 Å². The van der Waals surface area contributed by atoms with Gasteiger partial charge in [0.25, 0.3) is 0 Å². The molecular weight excluding hydrogens is 150 g/mol. The summed E-state index contributed by atoms with van der Waals surface area (Å²) < 4.78 is 0. The summed E-state index contributed by atoms with van der Waals surface area (Å²) in [6, 6.07) is 0. The van der Waals surface area contributed by atoms with E-state index < -0.39 is 0 Å². The molecule has 2 atom stereocenters. The van der Waals surface area contributed by atoms with Crippen LogP contribution in [0.1, 0.15) is 25.7 Å². The molecule has 1 unspecified atom stereocenters. The SMILES string of the molecule is OCC[C@@H]1CC1C1CCNCC1. The zero-order valence-corrected chi connectivity index (χ0v) is 7.63. The lowest BCUT2D eigenvalue weighted by molar-refractivity contribution is 0.263. The zero-order valence-electron chi connectivity index (χ0n) is 7.63. The lowest BCUT2D eigenvalue weighted by Crippen LogP contribution is -2.28. The molecule has 70 valence electrons. The molecule has 2 N–H and O–H groups in total. The Labute approximate surface area is 74.4 Å². The number of hydrogen-bond acceptors (Lipinski definition) is 2. The summed E-state index contributed by atoms with van der Waals surface area (Å²) >= 11 is 0. The van der Waals surface area contributed by atoms with Crippen molar-refractivity contribution in [2.45, 2.75) is 25.7 Å². The second-order valence-corrected chi connectivity index (χ2v) is 4.26. The van der Waals surface area contributed by atoms with Gasteiger partial charge in [-0.2, -0.15) is 0 Å². The van der Waals surface area contributed by atoms with Gasteiger partial charge in [0.15, 0.2) is 0 Å². The fourth-order valence-electron chi connectivity index (χ4n) is 2.62. The minimum atomic E-state index is 0.395. The lowest BCUT2D eigenvalue weighted by atomic mass is 9.91. The third-order valence-electron chi connectivity index (χ3n) is 3.47. The minimum Gasteiger partial charge on any atom is -0.396 e. The van der Waals surface area contributed by atoms with Gasteiger partial charge >= 0.3 is 0 Å². The van der Waals surface area contributed by atoms with Gasteiger partial charge in [0, 0.05) is 6.61 Å². The maximum absolute atomic E-state index is 8.78.